The van der Waals surface area contributed by atoms with Gasteiger partial charge in [-0.3, -0.25) is 0 Å². The fourth-order valence-corrected chi connectivity index (χ4v) is 8.53. The number of anilines is 6. The molecule has 0 spiro atoms. The number of rotatable bonds is 11. The Morgan fingerprint density at radius 1 is 0.274 bits per heavy atom. The smallest absolute Gasteiger partial charge is 0.0462 e. The minimum absolute atomic E-state index is 0.363. The third-order valence-electron chi connectivity index (χ3n) is 11.9. The van der Waals surface area contributed by atoms with E-state index in [4.69, 9.17) is 0 Å². The molecule has 0 bridgehead atoms. The van der Waals surface area contributed by atoms with Crippen LogP contribution >= 0.6 is 0 Å². The van der Waals surface area contributed by atoms with Crippen LogP contribution in [0.3, 0.4) is 0 Å². The van der Waals surface area contributed by atoms with E-state index < -0.39 is 0 Å². The molecule has 1 unspecified atom stereocenters. The number of hydrogen-bond acceptors (Lipinski definition) is 2. The van der Waals surface area contributed by atoms with Crippen LogP contribution < -0.4 is 9.80 Å². The van der Waals surface area contributed by atoms with E-state index in [9.17, 15) is 0 Å². The lowest BCUT2D eigenvalue weighted by Gasteiger charge is -2.27. The Balaban J connectivity index is 0.875. The van der Waals surface area contributed by atoms with Gasteiger partial charge in [0.25, 0.3) is 0 Å². The SMILES string of the molecule is C1=CC(c2ccc(N(c3ccccc3)c3ccc(-c4ccc(N(c5ccccc5)c5ccc(-c6ccc(-c7ccccc7)cc6)cc5)cc4)cc3)cc2)CC=C1c1ccccc1. The van der Waals surface area contributed by atoms with E-state index >= 15 is 0 Å². The number of allylic oxidation sites excluding steroid dienone is 4. The predicted octanol–water partition coefficient (Wildman–Crippen LogP) is 16.8. The van der Waals surface area contributed by atoms with Gasteiger partial charge in [0.2, 0.25) is 0 Å². The summed E-state index contributed by atoms with van der Waals surface area (Å²) in [5.74, 6) is 0.363. The molecule has 0 radical (unpaired) electrons. The van der Waals surface area contributed by atoms with Gasteiger partial charge in [-0.15, -0.1) is 0 Å². The first-order valence-electron chi connectivity index (χ1n) is 21.4. The molecule has 62 heavy (non-hydrogen) atoms. The summed E-state index contributed by atoms with van der Waals surface area (Å²) in [7, 11) is 0. The van der Waals surface area contributed by atoms with E-state index in [0.29, 0.717) is 5.92 Å². The Kier molecular flexibility index (Phi) is 10.9. The first-order chi connectivity index (χ1) is 30.7. The van der Waals surface area contributed by atoms with Gasteiger partial charge in [-0.25, -0.2) is 0 Å². The van der Waals surface area contributed by atoms with E-state index in [1.807, 2.05) is 0 Å². The molecule has 0 amide bonds. The molecule has 0 saturated carbocycles. The molecule has 1 atom stereocenters. The third kappa shape index (κ3) is 8.28. The van der Waals surface area contributed by atoms with E-state index in [-0.39, 0.29) is 0 Å². The minimum Gasteiger partial charge on any atom is -0.311 e. The van der Waals surface area contributed by atoms with Crippen molar-refractivity contribution >= 4 is 39.7 Å². The Morgan fingerprint density at radius 2 is 0.565 bits per heavy atom. The van der Waals surface area contributed by atoms with Crippen LogP contribution in [-0.4, -0.2) is 0 Å². The largest absolute Gasteiger partial charge is 0.311 e. The lowest BCUT2D eigenvalue weighted by molar-refractivity contribution is 0.856. The number of benzene rings is 9. The summed E-state index contributed by atoms with van der Waals surface area (Å²) in [5, 5.41) is 0. The molecule has 9 aromatic rings. The maximum atomic E-state index is 2.37. The highest BCUT2D eigenvalue weighted by Gasteiger charge is 2.17. The molecule has 296 valence electrons. The van der Waals surface area contributed by atoms with Crippen molar-refractivity contribution < 1.29 is 0 Å². The Morgan fingerprint density at radius 3 is 0.919 bits per heavy atom. The molecule has 0 heterocycles. The fourth-order valence-electron chi connectivity index (χ4n) is 8.53. The van der Waals surface area contributed by atoms with E-state index in [2.05, 4.69) is 271 Å². The van der Waals surface area contributed by atoms with Crippen molar-refractivity contribution in [1.82, 2.24) is 0 Å². The van der Waals surface area contributed by atoms with Crippen LogP contribution in [-0.2, 0) is 0 Å². The van der Waals surface area contributed by atoms with Crippen molar-refractivity contribution in [1.29, 1.82) is 0 Å². The zero-order valence-electron chi connectivity index (χ0n) is 34.5. The lowest BCUT2D eigenvalue weighted by atomic mass is 9.88. The van der Waals surface area contributed by atoms with Crippen molar-refractivity contribution in [2.24, 2.45) is 0 Å². The van der Waals surface area contributed by atoms with E-state index in [0.717, 1.165) is 40.5 Å². The minimum atomic E-state index is 0.363. The van der Waals surface area contributed by atoms with Gasteiger partial charge in [-0.2, -0.15) is 0 Å². The molecule has 0 aromatic heterocycles. The molecule has 1 aliphatic carbocycles. The molecule has 10 rings (SSSR count). The number of nitrogens with zero attached hydrogens (tertiary/aromatic N) is 2. The van der Waals surface area contributed by atoms with Gasteiger partial charge in [0.1, 0.15) is 0 Å². The van der Waals surface area contributed by atoms with E-state index in [1.54, 1.807) is 0 Å². The van der Waals surface area contributed by atoms with Crippen LogP contribution in [0, 0.1) is 0 Å². The summed E-state index contributed by atoms with van der Waals surface area (Å²) in [4.78, 5) is 4.66. The molecular formula is C60H46N2. The summed E-state index contributed by atoms with van der Waals surface area (Å²) in [5.41, 5.74) is 17.8. The quantitative estimate of drug-likeness (QED) is 0.129. The van der Waals surface area contributed by atoms with Gasteiger partial charge in [-0.1, -0.05) is 188 Å². The van der Waals surface area contributed by atoms with Gasteiger partial charge >= 0.3 is 0 Å². The zero-order chi connectivity index (χ0) is 41.5. The van der Waals surface area contributed by atoms with Crippen molar-refractivity contribution in [3.05, 3.63) is 272 Å². The summed E-state index contributed by atoms with van der Waals surface area (Å²) in [6.45, 7) is 0. The van der Waals surface area contributed by atoms with Crippen LogP contribution in [0.1, 0.15) is 23.5 Å². The van der Waals surface area contributed by atoms with Crippen molar-refractivity contribution in [3.8, 4) is 33.4 Å². The molecule has 0 aliphatic heterocycles. The highest BCUT2D eigenvalue weighted by Crippen LogP contribution is 2.40. The van der Waals surface area contributed by atoms with Crippen LogP contribution in [0.15, 0.2) is 261 Å². The van der Waals surface area contributed by atoms with Gasteiger partial charge in [0, 0.05) is 40.0 Å². The Labute approximate surface area is 365 Å². The average molecular weight is 795 g/mol. The number of hydrogen-bond donors (Lipinski definition) is 0. The summed E-state index contributed by atoms with van der Waals surface area (Å²) in [6.07, 6.45) is 7.98. The normalized spacial score (nSPS) is 13.3. The van der Waals surface area contributed by atoms with Gasteiger partial charge < -0.3 is 9.80 Å². The highest BCUT2D eigenvalue weighted by molar-refractivity contribution is 5.82. The second-order valence-electron chi connectivity index (χ2n) is 15.7. The summed E-state index contributed by atoms with van der Waals surface area (Å²) < 4.78 is 0. The molecule has 0 N–H and O–H groups in total. The highest BCUT2D eigenvalue weighted by atomic mass is 15.1. The molecular weight excluding hydrogens is 749 g/mol. The van der Waals surface area contributed by atoms with Gasteiger partial charge in [0.15, 0.2) is 0 Å². The molecule has 9 aromatic carbocycles. The maximum absolute atomic E-state index is 2.37. The topological polar surface area (TPSA) is 6.48 Å². The Bertz CT molecular complexity index is 2900. The van der Waals surface area contributed by atoms with Gasteiger partial charge in [0.05, 0.1) is 0 Å². The second kappa shape index (κ2) is 17.7. The van der Waals surface area contributed by atoms with Crippen LogP contribution in [0.2, 0.25) is 0 Å². The summed E-state index contributed by atoms with van der Waals surface area (Å²) in [6, 6.07) is 87.1. The van der Waals surface area contributed by atoms with Gasteiger partial charge in [-0.05, 0) is 129 Å². The van der Waals surface area contributed by atoms with Crippen molar-refractivity contribution in [2.75, 3.05) is 9.80 Å². The predicted molar refractivity (Wildman–Crippen MR) is 263 cm³/mol. The zero-order valence-corrected chi connectivity index (χ0v) is 34.5. The molecule has 1 aliphatic rings. The fraction of sp³-hybridized carbons (Fsp3) is 0.0333. The Hall–Kier alpha value is -7.94. The first kappa shape index (κ1) is 38.3. The first-order valence-corrected chi connectivity index (χ1v) is 21.4. The van der Waals surface area contributed by atoms with Crippen molar-refractivity contribution in [2.45, 2.75) is 12.3 Å². The average Bonchev–Trinajstić information content (AvgIpc) is 3.36. The number of para-hydroxylation sites is 2. The third-order valence-corrected chi connectivity index (χ3v) is 11.9. The molecule has 2 heteroatoms. The molecule has 2 nitrogen and oxygen atoms in total. The lowest BCUT2D eigenvalue weighted by Crippen LogP contribution is -2.10. The second-order valence-corrected chi connectivity index (χ2v) is 15.7. The van der Waals surface area contributed by atoms with E-state index in [1.165, 1.54) is 50.1 Å². The summed E-state index contributed by atoms with van der Waals surface area (Å²) >= 11 is 0. The molecule has 0 fully saturated rings. The molecule has 0 saturated heterocycles. The standard InChI is InChI=1S/C60H46N2/c1-5-13-45(14-6-1)47-21-25-49(26-22-47)51-29-37-57(38-30-51)61(55-17-9-3-10-18-55)59-41-33-53(34-42-59)54-35-43-60(44-36-54)62(56-19-11-4-12-20-56)58-39-31-52(32-40-58)50-27-23-48(24-28-50)46-15-7-2-8-16-46/h1-27,29-44,50H,28H2. The maximum Gasteiger partial charge on any atom is 0.0462 e. The van der Waals surface area contributed by atoms with Crippen LogP contribution in [0.5, 0.6) is 0 Å². The van der Waals surface area contributed by atoms with Crippen LogP contribution in [0.25, 0.3) is 39.0 Å². The van der Waals surface area contributed by atoms with Crippen molar-refractivity contribution in [3.63, 3.8) is 0 Å². The van der Waals surface area contributed by atoms with Crippen LogP contribution in [0.4, 0.5) is 34.1 Å². The monoisotopic (exact) mass is 794 g/mol.